The predicted molar refractivity (Wildman–Crippen MR) is 109 cm³/mol. The molecule has 0 aliphatic carbocycles. The SMILES string of the molecule is CN=C(NCCCCCCC(=O)OC)NCc1cc(C(C)C)no1.I. The number of hydrogen-bond donors (Lipinski definition) is 2. The zero-order chi connectivity index (χ0) is 17.8. The van der Waals surface area contributed by atoms with Crippen LogP contribution in [0.15, 0.2) is 15.6 Å². The number of nitrogens with one attached hydrogen (secondary N) is 2. The average Bonchev–Trinajstić information content (AvgIpc) is 3.05. The van der Waals surface area contributed by atoms with Crippen molar-refractivity contribution in [2.45, 2.75) is 58.4 Å². The molecule has 1 aromatic rings. The molecule has 0 spiro atoms. The molecule has 0 aliphatic heterocycles. The van der Waals surface area contributed by atoms with Crippen LogP contribution in [0, 0.1) is 0 Å². The molecule has 0 amide bonds. The topological polar surface area (TPSA) is 88.8 Å². The van der Waals surface area contributed by atoms with E-state index in [0.29, 0.717) is 18.9 Å². The van der Waals surface area contributed by atoms with Gasteiger partial charge in [-0.05, 0) is 18.8 Å². The van der Waals surface area contributed by atoms with E-state index < -0.39 is 0 Å². The summed E-state index contributed by atoms with van der Waals surface area (Å²) >= 11 is 0. The summed E-state index contributed by atoms with van der Waals surface area (Å²) in [6.07, 6.45) is 4.51. The van der Waals surface area contributed by atoms with Crippen molar-refractivity contribution in [1.29, 1.82) is 0 Å². The molecule has 0 fully saturated rings. The second-order valence-electron chi connectivity index (χ2n) is 5.97. The van der Waals surface area contributed by atoms with Gasteiger partial charge in [0.25, 0.3) is 0 Å². The number of rotatable bonds is 10. The van der Waals surface area contributed by atoms with Crippen molar-refractivity contribution in [3.63, 3.8) is 0 Å². The molecule has 0 saturated heterocycles. The van der Waals surface area contributed by atoms with Crippen molar-refractivity contribution in [1.82, 2.24) is 15.8 Å². The van der Waals surface area contributed by atoms with Gasteiger partial charge in [0.1, 0.15) is 0 Å². The number of aliphatic imine (C=N–C) groups is 1. The number of guanidine groups is 1. The number of ether oxygens (including phenoxy) is 1. The van der Waals surface area contributed by atoms with Crippen molar-refractivity contribution in [3.8, 4) is 0 Å². The van der Waals surface area contributed by atoms with Gasteiger partial charge in [-0.3, -0.25) is 9.79 Å². The van der Waals surface area contributed by atoms with Crippen molar-refractivity contribution in [2.75, 3.05) is 20.7 Å². The Morgan fingerprint density at radius 2 is 2.00 bits per heavy atom. The first-order chi connectivity index (χ1) is 11.6. The minimum absolute atomic E-state index is 0. The van der Waals surface area contributed by atoms with Crippen LogP contribution in [0.3, 0.4) is 0 Å². The van der Waals surface area contributed by atoms with Gasteiger partial charge in [0, 0.05) is 26.1 Å². The lowest BCUT2D eigenvalue weighted by molar-refractivity contribution is -0.140. The smallest absolute Gasteiger partial charge is 0.305 e. The van der Waals surface area contributed by atoms with E-state index in [1.807, 2.05) is 6.07 Å². The van der Waals surface area contributed by atoms with Crippen molar-refractivity contribution >= 4 is 35.9 Å². The quantitative estimate of drug-likeness (QED) is 0.181. The Kier molecular flexibility index (Phi) is 13.2. The van der Waals surface area contributed by atoms with Crippen LogP contribution >= 0.6 is 24.0 Å². The number of nitrogens with zero attached hydrogens (tertiary/aromatic N) is 2. The number of carbonyl (C=O) groups excluding carboxylic acids is 1. The maximum absolute atomic E-state index is 11.0. The first-order valence-electron chi connectivity index (χ1n) is 8.53. The second kappa shape index (κ2) is 13.9. The van der Waals surface area contributed by atoms with E-state index in [1.54, 1.807) is 7.05 Å². The summed E-state index contributed by atoms with van der Waals surface area (Å²) in [6, 6.07) is 1.96. The lowest BCUT2D eigenvalue weighted by atomic mass is 10.1. The Hall–Kier alpha value is -1.32. The zero-order valence-corrected chi connectivity index (χ0v) is 18.0. The van der Waals surface area contributed by atoms with Gasteiger partial charge in [-0.15, -0.1) is 24.0 Å². The third-order valence-corrected chi connectivity index (χ3v) is 3.65. The van der Waals surface area contributed by atoms with Gasteiger partial charge in [0.2, 0.25) is 0 Å². The molecular formula is C17H31IN4O3. The minimum Gasteiger partial charge on any atom is -0.469 e. The minimum atomic E-state index is -0.134. The Balaban J connectivity index is 0.00000576. The Labute approximate surface area is 167 Å². The molecule has 0 radical (unpaired) electrons. The fourth-order valence-corrected chi connectivity index (χ4v) is 2.13. The zero-order valence-electron chi connectivity index (χ0n) is 15.6. The van der Waals surface area contributed by atoms with Gasteiger partial charge >= 0.3 is 5.97 Å². The van der Waals surface area contributed by atoms with E-state index in [4.69, 9.17) is 4.52 Å². The Morgan fingerprint density at radius 1 is 1.28 bits per heavy atom. The fourth-order valence-electron chi connectivity index (χ4n) is 2.13. The monoisotopic (exact) mass is 466 g/mol. The van der Waals surface area contributed by atoms with Crippen LogP contribution in [0.4, 0.5) is 0 Å². The number of unbranched alkanes of at least 4 members (excludes halogenated alkanes) is 3. The summed E-state index contributed by atoms with van der Waals surface area (Å²) in [5, 5.41) is 10.5. The summed E-state index contributed by atoms with van der Waals surface area (Å²) in [5.41, 5.74) is 0.960. The molecule has 7 nitrogen and oxygen atoms in total. The molecule has 8 heteroatoms. The number of aromatic nitrogens is 1. The predicted octanol–water partition coefficient (Wildman–Crippen LogP) is 3.20. The number of halogens is 1. The molecule has 2 N–H and O–H groups in total. The summed E-state index contributed by atoms with van der Waals surface area (Å²) in [7, 11) is 3.17. The molecular weight excluding hydrogens is 435 g/mol. The largest absolute Gasteiger partial charge is 0.469 e. The van der Waals surface area contributed by atoms with Crippen LogP contribution in [0.1, 0.15) is 63.3 Å². The lowest BCUT2D eigenvalue weighted by Gasteiger charge is -2.10. The highest BCUT2D eigenvalue weighted by molar-refractivity contribution is 14.0. The molecule has 0 unspecified atom stereocenters. The normalized spacial score (nSPS) is 11.2. The van der Waals surface area contributed by atoms with Gasteiger partial charge in [0.15, 0.2) is 11.7 Å². The molecule has 0 atom stereocenters. The van der Waals surface area contributed by atoms with Gasteiger partial charge in [-0.25, -0.2) is 0 Å². The number of hydrogen-bond acceptors (Lipinski definition) is 5. The lowest BCUT2D eigenvalue weighted by Crippen LogP contribution is -2.37. The molecule has 25 heavy (non-hydrogen) atoms. The van der Waals surface area contributed by atoms with E-state index in [2.05, 4.69) is 39.4 Å². The van der Waals surface area contributed by atoms with Gasteiger partial charge in [0.05, 0.1) is 19.3 Å². The van der Waals surface area contributed by atoms with E-state index >= 15 is 0 Å². The average molecular weight is 466 g/mol. The summed E-state index contributed by atoms with van der Waals surface area (Å²) < 4.78 is 9.90. The van der Waals surface area contributed by atoms with Crippen LogP contribution < -0.4 is 10.6 Å². The van der Waals surface area contributed by atoms with E-state index in [1.165, 1.54) is 7.11 Å². The number of carbonyl (C=O) groups is 1. The standard InChI is InChI=1S/C17H30N4O3.HI/c1-13(2)15-11-14(24-21-15)12-20-17(18-3)19-10-8-6-5-7-9-16(22)23-4;/h11,13H,5-10,12H2,1-4H3,(H2,18,19,20);1H. The molecule has 0 aromatic carbocycles. The van der Waals surface area contributed by atoms with Crippen molar-refractivity contribution in [2.24, 2.45) is 4.99 Å². The molecule has 0 aliphatic rings. The summed E-state index contributed by atoms with van der Waals surface area (Å²) in [4.78, 5) is 15.2. The van der Waals surface area contributed by atoms with Crippen LogP contribution in [0.25, 0.3) is 0 Å². The van der Waals surface area contributed by atoms with Crippen LogP contribution in [0.5, 0.6) is 0 Å². The summed E-state index contributed by atoms with van der Waals surface area (Å²) in [5.74, 6) is 1.77. The van der Waals surface area contributed by atoms with Gasteiger partial charge in [-0.1, -0.05) is 31.8 Å². The highest BCUT2D eigenvalue weighted by Crippen LogP contribution is 2.13. The van der Waals surface area contributed by atoms with Crippen LogP contribution in [-0.2, 0) is 16.1 Å². The van der Waals surface area contributed by atoms with E-state index in [-0.39, 0.29) is 29.9 Å². The maximum Gasteiger partial charge on any atom is 0.305 e. The molecule has 1 aromatic heterocycles. The molecule has 0 saturated carbocycles. The highest BCUT2D eigenvalue weighted by Gasteiger charge is 2.08. The van der Waals surface area contributed by atoms with Crippen LogP contribution in [-0.4, -0.2) is 37.8 Å². The first kappa shape index (κ1) is 23.7. The first-order valence-corrected chi connectivity index (χ1v) is 8.53. The molecule has 1 rings (SSSR count). The van der Waals surface area contributed by atoms with E-state index in [0.717, 1.165) is 49.6 Å². The second-order valence-corrected chi connectivity index (χ2v) is 5.97. The third-order valence-electron chi connectivity index (χ3n) is 3.65. The molecule has 0 bridgehead atoms. The molecule has 144 valence electrons. The van der Waals surface area contributed by atoms with Gasteiger partial charge < -0.3 is 19.9 Å². The number of esters is 1. The van der Waals surface area contributed by atoms with Crippen molar-refractivity contribution < 1.29 is 14.1 Å². The van der Waals surface area contributed by atoms with Crippen LogP contribution in [0.2, 0.25) is 0 Å². The summed E-state index contributed by atoms with van der Waals surface area (Å²) in [6.45, 7) is 5.56. The van der Waals surface area contributed by atoms with E-state index in [9.17, 15) is 4.79 Å². The fraction of sp³-hybridized carbons (Fsp3) is 0.706. The van der Waals surface area contributed by atoms with Crippen molar-refractivity contribution in [3.05, 3.63) is 17.5 Å². The van der Waals surface area contributed by atoms with Gasteiger partial charge in [-0.2, -0.15) is 0 Å². The third kappa shape index (κ3) is 10.3. The number of methoxy groups -OCH3 is 1. The highest BCUT2D eigenvalue weighted by atomic mass is 127. The molecule has 1 heterocycles. The Morgan fingerprint density at radius 3 is 2.60 bits per heavy atom. The Bertz CT molecular complexity index is 518. The maximum atomic E-state index is 11.0.